The maximum atomic E-state index is 11.6. The van der Waals surface area contributed by atoms with E-state index in [9.17, 15) is 28.7 Å². The second-order valence-corrected chi connectivity index (χ2v) is 9.67. The van der Waals surface area contributed by atoms with Crippen molar-refractivity contribution in [1.29, 1.82) is 0 Å². The smallest absolute Gasteiger partial charge is 0.324 e. The van der Waals surface area contributed by atoms with Crippen molar-refractivity contribution in [1.82, 2.24) is 4.90 Å². The first kappa shape index (κ1) is 14.7. The monoisotopic (exact) mass is 299 g/mol. The van der Waals surface area contributed by atoms with E-state index in [2.05, 4.69) is 0 Å². The normalized spacial score (nSPS) is 33.4. The lowest BCUT2D eigenvalue weighted by Crippen LogP contribution is -2.40. The molecule has 106 valence electrons. The second kappa shape index (κ2) is 4.38. The number of likely N-dealkylation sites (tertiary alicyclic amines) is 1. The van der Waals surface area contributed by atoms with Gasteiger partial charge in [0.05, 0.1) is 0 Å². The molecule has 0 amide bonds. The minimum atomic E-state index is -4.86. The van der Waals surface area contributed by atoms with Gasteiger partial charge in [-0.25, -0.2) is 0 Å². The van der Waals surface area contributed by atoms with Gasteiger partial charge in [-0.1, -0.05) is 0 Å². The summed E-state index contributed by atoms with van der Waals surface area (Å²) in [6, 6.07) is -0.140. The van der Waals surface area contributed by atoms with Gasteiger partial charge in [-0.3, -0.25) is 9.13 Å². The van der Waals surface area contributed by atoms with Gasteiger partial charge in [0.1, 0.15) is 0 Å². The zero-order valence-electron chi connectivity index (χ0n) is 10.1. The van der Waals surface area contributed by atoms with E-state index in [0.717, 1.165) is 19.4 Å². The molecule has 1 heterocycles. The molecule has 1 aliphatic carbocycles. The van der Waals surface area contributed by atoms with Crippen LogP contribution >= 0.6 is 15.2 Å². The van der Waals surface area contributed by atoms with Gasteiger partial charge in [0.25, 0.3) is 0 Å². The van der Waals surface area contributed by atoms with Crippen LogP contribution in [0.3, 0.4) is 0 Å². The molecule has 1 saturated carbocycles. The molecule has 7 nitrogen and oxygen atoms in total. The van der Waals surface area contributed by atoms with E-state index < -0.39 is 20.1 Å². The number of nitrogens with zero attached hydrogens (tertiary/aromatic N) is 1. The topological polar surface area (TPSA) is 118 Å². The Balaban J connectivity index is 2.42. The molecule has 2 fully saturated rings. The molecule has 0 spiro atoms. The molecule has 1 saturated heterocycles. The van der Waals surface area contributed by atoms with Gasteiger partial charge in [0, 0.05) is 6.04 Å². The van der Waals surface area contributed by atoms with E-state index in [1.807, 2.05) is 11.9 Å². The molecule has 9 heteroatoms. The van der Waals surface area contributed by atoms with Crippen LogP contribution in [0, 0.1) is 5.92 Å². The highest BCUT2D eigenvalue weighted by Gasteiger charge is 2.66. The molecule has 2 unspecified atom stereocenters. The Bertz CT molecular complexity index is 407. The predicted octanol–water partition coefficient (Wildman–Crippen LogP) is 0.542. The third-order valence-corrected chi connectivity index (χ3v) is 8.87. The first-order valence-electron chi connectivity index (χ1n) is 5.90. The highest BCUT2D eigenvalue weighted by molar-refractivity contribution is 7.72. The third-order valence-electron chi connectivity index (χ3n) is 4.41. The van der Waals surface area contributed by atoms with Crippen molar-refractivity contribution in [3.8, 4) is 0 Å². The molecule has 0 aromatic rings. The van der Waals surface area contributed by atoms with Crippen molar-refractivity contribution in [2.45, 2.75) is 36.6 Å². The third kappa shape index (κ3) is 2.12. The van der Waals surface area contributed by atoms with Gasteiger partial charge in [-0.2, -0.15) is 0 Å². The molecule has 4 N–H and O–H groups in total. The molecule has 2 aliphatic rings. The van der Waals surface area contributed by atoms with Crippen LogP contribution in [0.2, 0.25) is 0 Å². The zero-order chi connectivity index (χ0) is 13.8. The van der Waals surface area contributed by atoms with Crippen LogP contribution in [-0.2, 0) is 9.13 Å². The summed E-state index contributed by atoms with van der Waals surface area (Å²) in [6.45, 7) is 0.805. The minimum Gasteiger partial charge on any atom is -0.324 e. The molecule has 0 aromatic heterocycles. The van der Waals surface area contributed by atoms with E-state index in [1.165, 1.54) is 0 Å². The largest absolute Gasteiger partial charge is 0.343 e. The van der Waals surface area contributed by atoms with Crippen molar-refractivity contribution < 1.29 is 28.7 Å². The molecule has 0 radical (unpaired) electrons. The standard InChI is InChI=1S/C9H19NO6P2/c1-10-4-2-3-7-5-9(6-8(7)10,17(11,12)13)18(14,15)16/h7-8H,2-6H2,1H3,(H2,11,12,13)(H2,14,15,16). The van der Waals surface area contributed by atoms with Gasteiger partial charge in [0.15, 0.2) is 4.90 Å². The van der Waals surface area contributed by atoms with E-state index in [1.54, 1.807) is 0 Å². The number of rotatable bonds is 2. The molecule has 2 atom stereocenters. The fourth-order valence-electron chi connectivity index (χ4n) is 3.37. The summed E-state index contributed by atoms with van der Waals surface area (Å²) in [5.74, 6) is -0.0380. The van der Waals surface area contributed by atoms with E-state index >= 15 is 0 Å². The maximum Gasteiger partial charge on any atom is 0.343 e. The Morgan fingerprint density at radius 3 is 2.11 bits per heavy atom. The number of hydrogen-bond donors (Lipinski definition) is 4. The van der Waals surface area contributed by atoms with Crippen LogP contribution in [0.25, 0.3) is 0 Å². The highest BCUT2D eigenvalue weighted by Crippen LogP contribution is 2.76. The summed E-state index contributed by atoms with van der Waals surface area (Å²) >= 11 is 0. The molecule has 18 heavy (non-hydrogen) atoms. The first-order valence-corrected chi connectivity index (χ1v) is 9.12. The minimum absolute atomic E-state index is 0.0380. The second-order valence-electron chi connectivity index (χ2n) is 5.43. The SMILES string of the molecule is CN1CCCC2CC(P(=O)(O)O)(P(=O)(O)O)CC21. The summed E-state index contributed by atoms with van der Waals surface area (Å²) in [4.78, 5) is 37.5. The fourth-order valence-corrected chi connectivity index (χ4v) is 6.52. The van der Waals surface area contributed by atoms with Gasteiger partial charge in [-0.15, -0.1) is 0 Å². The summed E-state index contributed by atoms with van der Waals surface area (Å²) in [5, 5.41) is 0. The van der Waals surface area contributed by atoms with Crippen LogP contribution in [0.15, 0.2) is 0 Å². The Hall–Kier alpha value is 0.260. The lowest BCUT2D eigenvalue weighted by molar-refractivity contribution is 0.144. The van der Waals surface area contributed by atoms with Gasteiger partial charge in [0.2, 0.25) is 0 Å². The van der Waals surface area contributed by atoms with Crippen LogP contribution < -0.4 is 0 Å². The van der Waals surface area contributed by atoms with E-state index in [0.29, 0.717) is 0 Å². The summed E-state index contributed by atoms with van der Waals surface area (Å²) in [5.41, 5.74) is 0. The maximum absolute atomic E-state index is 11.6. The summed E-state index contributed by atoms with van der Waals surface area (Å²) in [6.07, 6.45) is 1.46. The summed E-state index contributed by atoms with van der Waals surface area (Å²) < 4.78 is 23.3. The molecule has 1 aliphatic heterocycles. The molecule has 2 rings (SSSR count). The van der Waals surface area contributed by atoms with E-state index in [-0.39, 0.29) is 24.8 Å². The lowest BCUT2D eigenvalue weighted by Gasteiger charge is -2.34. The molecular weight excluding hydrogens is 280 g/mol. The van der Waals surface area contributed by atoms with Crippen molar-refractivity contribution in [2.75, 3.05) is 13.6 Å². The number of piperidine rings is 1. The van der Waals surface area contributed by atoms with Crippen molar-refractivity contribution in [2.24, 2.45) is 5.92 Å². The number of hydrogen-bond acceptors (Lipinski definition) is 3. The quantitative estimate of drug-likeness (QED) is 0.550. The molecule has 0 aromatic carbocycles. The van der Waals surface area contributed by atoms with Crippen molar-refractivity contribution in [3.05, 3.63) is 0 Å². The van der Waals surface area contributed by atoms with Gasteiger partial charge in [-0.05, 0) is 45.2 Å². The average Bonchev–Trinajstić information content (AvgIpc) is 2.57. The Morgan fingerprint density at radius 2 is 1.67 bits per heavy atom. The van der Waals surface area contributed by atoms with Crippen LogP contribution in [0.5, 0.6) is 0 Å². The molecule has 0 bridgehead atoms. The van der Waals surface area contributed by atoms with Crippen LogP contribution in [0.1, 0.15) is 25.7 Å². The zero-order valence-corrected chi connectivity index (χ0v) is 11.9. The van der Waals surface area contributed by atoms with Crippen LogP contribution in [0.4, 0.5) is 0 Å². The van der Waals surface area contributed by atoms with Gasteiger partial charge >= 0.3 is 15.2 Å². The number of fused-ring (bicyclic) bond motifs is 1. The van der Waals surface area contributed by atoms with Crippen molar-refractivity contribution >= 4 is 15.2 Å². The fraction of sp³-hybridized carbons (Fsp3) is 1.00. The van der Waals surface area contributed by atoms with E-state index in [4.69, 9.17) is 0 Å². The Kier molecular flexibility index (Phi) is 3.57. The summed E-state index contributed by atoms with van der Waals surface area (Å²) in [7, 11) is -7.87. The highest BCUT2D eigenvalue weighted by atomic mass is 31.2. The lowest BCUT2D eigenvalue weighted by atomic mass is 9.93. The van der Waals surface area contributed by atoms with Crippen LogP contribution in [-0.4, -0.2) is 49.0 Å². The Labute approximate surface area is 106 Å². The van der Waals surface area contributed by atoms with Crippen molar-refractivity contribution in [3.63, 3.8) is 0 Å². The average molecular weight is 299 g/mol. The first-order chi connectivity index (χ1) is 8.08. The molecular formula is C9H19NO6P2. The predicted molar refractivity (Wildman–Crippen MR) is 65.2 cm³/mol. The Morgan fingerprint density at radius 1 is 1.11 bits per heavy atom. The van der Waals surface area contributed by atoms with Gasteiger partial charge < -0.3 is 24.5 Å².